The number of carbonyl (C=O) groups is 1. The first-order valence-electron chi connectivity index (χ1n) is 9.66. The Kier molecular flexibility index (Phi) is 8.92. The van der Waals surface area contributed by atoms with Gasteiger partial charge in [-0.1, -0.05) is 19.1 Å². The summed E-state index contributed by atoms with van der Waals surface area (Å²) in [5.41, 5.74) is 1.20. The first kappa shape index (κ1) is 22.7. The smallest absolute Gasteiger partial charge is 0.243 e. The van der Waals surface area contributed by atoms with Crippen LogP contribution in [0.1, 0.15) is 28.3 Å². The number of aliphatic imine (C=N–C) groups is 1. The van der Waals surface area contributed by atoms with Crippen LogP contribution in [0.2, 0.25) is 0 Å². The summed E-state index contributed by atoms with van der Waals surface area (Å²) in [4.78, 5) is 23.5. The van der Waals surface area contributed by atoms with E-state index in [9.17, 15) is 4.79 Å². The lowest BCUT2D eigenvalue weighted by Crippen LogP contribution is -2.41. The molecule has 0 aliphatic carbocycles. The molecule has 0 spiro atoms. The fourth-order valence-corrected chi connectivity index (χ4v) is 3.34. The average molecular weight is 418 g/mol. The Labute approximate surface area is 177 Å². The standard InChI is InChI=1S/C21H31N5O2S/c1-15(20-23-13-16(2)29-20)12-24-21(25-14-19(27)26(3)4)22-11-10-17-6-8-18(28-5)9-7-17/h6-9,13,15H,10-12,14H2,1-5H3,(H2,22,24,25). The van der Waals surface area contributed by atoms with E-state index in [2.05, 4.69) is 34.5 Å². The molecule has 1 aromatic heterocycles. The second kappa shape index (κ2) is 11.4. The number of methoxy groups -OCH3 is 1. The maximum Gasteiger partial charge on any atom is 0.243 e. The van der Waals surface area contributed by atoms with Crippen molar-refractivity contribution in [3.05, 3.63) is 45.9 Å². The number of nitrogens with one attached hydrogen (secondary N) is 2. The van der Waals surface area contributed by atoms with Gasteiger partial charge in [0.2, 0.25) is 5.91 Å². The molecule has 7 nitrogen and oxygen atoms in total. The van der Waals surface area contributed by atoms with Crippen LogP contribution in [-0.4, -0.2) is 62.6 Å². The molecule has 0 aliphatic rings. The summed E-state index contributed by atoms with van der Waals surface area (Å²) in [7, 11) is 5.12. The third kappa shape index (κ3) is 7.73. The third-order valence-electron chi connectivity index (χ3n) is 4.37. The van der Waals surface area contributed by atoms with Crippen LogP contribution < -0.4 is 15.4 Å². The van der Waals surface area contributed by atoms with Crippen molar-refractivity contribution in [2.75, 3.05) is 40.8 Å². The second-order valence-electron chi connectivity index (χ2n) is 7.07. The number of hydrogen-bond acceptors (Lipinski definition) is 5. The molecule has 1 unspecified atom stereocenters. The molecule has 0 fully saturated rings. The summed E-state index contributed by atoms with van der Waals surface area (Å²) in [6.45, 7) is 5.69. The Morgan fingerprint density at radius 1 is 1.28 bits per heavy atom. The molecule has 0 saturated carbocycles. The van der Waals surface area contributed by atoms with Gasteiger partial charge in [-0.25, -0.2) is 9.98 Å². The van der Waals surface area contributed by atoms with Gasteiger partial charge >= 0.3 is 0 Å². The van der Waals surface area contributed by atoms with Crippen molar-refractivity contribution in [3.8, 4) is 5.75 Å². The van der Waals surface area contributed by atoms with Crippen molar-refractivity contribution in [1.82, 2.24) is 20.5 Å². The molecule has 0 radical (unpaired) electrons. The van der Waals surface area contributed by atoms with Gasteiger partial charge in [0.1, 0.15) is 12.3 Å². The Balaban J connectivity index is 1.92. The SMILES string of the molecule is COc1ccc(CCNC(=NCC(=O)N(C)C)NCC(C)c2ncc(C)s2)cc1. The molecule has 8 heteroatoms. The maximum absolute atomic E-state index is 11.9. The Hall–Kier alpha value is -2.61. The van der Waals surface area contributed by atoms with Gasteiger partial charge in [0, 0.05) is 44.2 Å². The van der Waals surface area contributed by atoms with Crippen LogP contribution in [0.25, 0.3) is 0 Å². The van der Waals surface area contributed by atoms with E-state index in [-0.39, 0.29) is 18.4 Å². The monoisotopic (exact) mass is 417 g/mol. The summed E-state index contributed by atoms with van der Waals surface area (Å²) in [6, 6.07) is 8.01. The van der Waals surface area contributed by atoms with Crippen LogP contribution in [0.5, 0.6) is 5.75 Å². The average Bonchev–Trinajstić information content (AvgIpc) is 3.15. The predicted molar refractivity (Wildman–Crippen MR) is 119 cm³/mol. The van der Waals surface area contributed by atoms with Gasteiger partial charge < -0.3 is 20.3 Å². The number of carbonyl (C=O) groups excluding carboxylic acids is 1. The number of thiazole rings is 1. The third-order valence-corrected chi connectivity index (χ3v) is 5.52. The number of nitrogens with zero attached hydrogens (tertiary/aromatic N) is 3. The number of rotatable bonds is 9. The van der Waals surface area contributed by atoms with Crippen LogP contribution in [0.3, 0.4) is 0 Å². The van der Waals surface area contributed by atoms with Crippen molar-refractivity contribution in [2.24, 2.45) is 4.99 Å². The first-order chi connectivity index (χ1) is 13.9. The Bertz CT molecular complexity index is 802. The lowest BCUT2D eigenvalue weighted by atomic mass is 10.1. The highest BCUT2D eigenvalue weighted by molar-refractivity contribution is 7.11. The molecule has 1 heterocycles. The zero-order valence-corrected chi connectivity index (χ0v) is 18.7. The van der Waals surface area contributed by atoms with E-state index in [0.717, 1.165) is 17.2 Å². The van der Waals surface area contributed by atoms with Gasteiger partial charge in [-0.2, -0.15) is 0 Å². The minimum atomic E-state index is -0.0372. The highest BCUT2D eigenvalue weighted by atomic mass is 32.1. The number of aromatic nitrogens is 1. The molecule has 2 aromatic rings. The summed E-state index contributed by atoms with van der Waals surface area (Å²) in [6.07, 6.45) is 2.74. The highest BCUT2D eigenvalue weighted by Crippen LogP contribution is 2.20. The van der Waals surface area contributed by atoms with E-state index in [0.29, 0.717) is 19.0 Å². The topological polar surface area (TPSA) is 78.8 Å². The largest absolute Gasteiger partial charge is 0.497 e. The van der Waals surface area contributed by atoms with Crippen LogP contribution in [-0.2, 0) is 11.2 Å². The van der Waals surface area contributed by atoms with Crippen LogP contribution in [0, 0.1) is 6.92 Å². The molecular weight excluding hydrogens is 386 g/mol. The second-order valence-corrected chi connectivity index (χ2v) is 8.34. The zero-order chi connectivity index (χ0) is 21.2. The molecule has 0 bridgehead atoms. The number of amides is 1. The van der Waals surface area contributed by atoms with Crippen molar-refractivity contribution >= 4 is 23.2 Å². The van der Waals surface area contributed by atoms with E-state index in [1.54, 1.807) is 37.4 Å². The lowest BCUT2D eigenvalue weighted by molar-refractivity contribution is -0.127. The van der Waals surface area contributed by atoms with Gasteiger partial charge in [0.15, 0.2) is 5.96 Å². The molecule has 0 aliphatic heterocycles. The van der Waals surface area contributed by atoms with Crippen molar-refractivity contribution in [2.45, 2.75) is 26.2 Å². The summed E-state index contributed by atoms with van der Waals surface area (Å²) in [5.74, 6) is 1.70. The lowest BCUT2D eigenvalue weighted by Gasteiger charge is -2.16. The molecule has 1 atom stereocenters. The minimum Gasteiger partial charge on any atom is -0.497 e. The zero-order valence-electron chi connectivity index (χ0n) is 17.9. The van der Waals surface area contributed by atoms with Gasteiger partial charge in [0.25, 0.3) is 0 Å². The fraction of sp³-hybridized carbons (Fsp3) is 0.476. The quantitative estimate of drug-likeness (QED) is 0.484. The van der Waals surface area contributed by atoms with Gasteiger partial charge in [0.05, 0.1) is 12.1 Å². The fourth-order valence-electron chi connectivity index (χ4n) is 2.52. The number of guanidine groups is 1. The summed E-state index contributed by atoms with van der Waals surface area (Å²) < 4.78 is 5.19. The number of aryl methyl sites for hydroxylation is 1. The Morgan fingerprint density at radius 3 is 2.59 bits per heavy atom. The van der Waals surface area contributed by atoms with E-state index < -0.39 is 0 Å². The minimum absolute atomic E-state index is 0.0372. The predicted octanol–water partition coefficient (Wildman–Crippen LogP) is 2.43. The number of hydrogen-bond donors (Lipinski definition) is 2. The van der Waals surface area contributed by atoms with E-state index in [1.165, 1.54) is 10.4 Å². The summed E-state index contributed by atoms with van der Waals surface area (Å²) in [5, 5.41) is 7.76. The molecule has 1 amide bonds. The van der Waals surface area contributed by atoms with E-state index in [4.69, 9.17) is 4.74 Å². The number of benzene rings is 1. The molecule has 29 heavy (non-hydrogen) atoms. The molecule has 158 valence electrons. The maximum atomic E-state index is 11.9. The van der Waals surface area contributed by atoms with Gasteiger partial charge in [-0.3, -0.25) is 4.79 Å². The van der Waals surface area contributed by atoms with Gasteiger partial charge in [-0.05, 0) is 31.0 Å². The summed E-state index contributed by atoms with van der Waals surface area (Å²) >= 11 is 1.71. The van der Waals surface area contributed by atoms with Crippen molar-refractivity contribution in [1.29, 1.82) is 0 Å². The van der Waals surface area contributed by atoms with Crippen molar-refractivity contribution in [3.63, 3.8) is 0 Å². The molecule has 2 rings (SSSR count). The van der Waals surface area contributed by atoms with Crippen LogP contribution >= 0.6 is 11.3 Å². The number of likely N-dealkylation sites (N-methyl/N-ethyl adjacent to an activating group) is 1. The normalized spacial score (nSPS) is 12.4. The van der Waals surface area contributed by atoms with E-state index in [1.807, 2.05) is 30.5 Å². The molecule has 0 saturated heterocycles. The highest BCUT2D eigenvalue weighted by Gasteiger charge is 2.11. The first-order valence-corrected chi connectivity index (χ1v) is 10.5. The molecular formula is C21H31N5O2S. The van der Waals surface area contributed by atoms with Crippen LogP contribution in [0.15, 0.2) is 35.5 Å². The van der Waals surface area contributed by atoms with Crippen LogP contribution in [0.4, 0.5) is 0 Å². The molecule has 2 N–H and O–H groups in total. The van der Waals surface area contributed by atoms with Crippen molar-refractivity contribution < 1.29 is 9.53 Å². The van der Waals surface area contributed by atoms with E-state index >= 15 is 0 Å². The Morgan fingerprint density at radius 2 is 2.00 bits per heavy atom. The number of ether oxygens (including phenoxy) is 1. The molecule has 1 aromatic carbocycles. The van der Waals surface area contributed by atoms with Gasteiger partial charge in [-0.15, -0.1) is 11.3 Å².